The van der Waals surface area contributed by atoms with E-state index in [1.54, 1.807) is 5.67 Å². The van der Waals surface area contributed by atoms with Gasteiger partial charge in [0.2, 0.25) is 0 Å². The highest BCUT2D eigenvalue weighted by molar-refractivity contribution is 7.89. The first kappa shape index (κ1) is 49.3. The van der Waals surface area contributed by atoms with E-state index in [1.807, 2.05) is 0 Å². The highest BCUT2D eigenvalue weighted by Gasteiger charge is 2.75. The van der Waals surface area contributed by atoms with Gasteiger partial charge in [0.15, 0.2) is 0 Å². The number of hydrogen-bond donors (Lipinski definition) is 0. The van der Waals surface area contributed by atoms with Crippen molar-refractivity contribution in [3.8, 4) is 0 Å². The minimum atomic E-state index is -2.22. The topological polar surface area (TPSA) is 0 Å². The van der Waals surface area contributed by atoms with Crippen LogP contribution in [-0.2, 0) is 0 Å². The predicted octanol–water partition coefficient (Wildman–Crippen LogP) is 16.3. The standard InChI is InChI=1S/C43H96Si7/c1-31-34-35(32-2)50(49(30,42(21,22)23)43(24,25)26,33-46(27,36(3,4)5)37(6,7)8)45(48(29,40(15,16)17)41(18,19)20)44(34)47(28,38(9,10)11)39(12,13)14/h31-33H2,1-30H3. The number of rotatable bonds is 7. The van der Waals surface area contributed by atoms with Crippen molar-refractivity contribution in [1.82, 2.24) is 0 Å². The molecule has 0 saturated carbocycles. The van der Waals surface area contributed by atoms with E-state index in [2.05, 4.69) is 217 Å². The first-order valence-corrected chi connectivity index (χ1v) is 41.2. The zero-order valence-corrected chi connectivity index (χ0v) is 47.6. The molecular weight excluding hydrogens is 713 g/mol. The summed E-state index contributed by atoms with van der Waals surface area (Å²) in [5.41, 5.74) is 1.66. The monoisotopic (exact) mass is 809 g/mol. The minimum absolute atomic E-state index is 0.335. The summed E-state index contributed by atoms with van der Waals surface area (Å²) in [6.45, 7) is 82.7. The molecule has 1 atom stereocenters. The largest absolute Gasteiger partial charge is 0.0852 e. The van der Waals surface area contributed by atoms with Crippen molar-refractivity contribution in [2.75, 3.05) is 0 Å². The Morgan fingerprint density at radius 2 is 0.720 bits per heavy atom. The normalized spacial score (nSPS) is 20.8. The van der Waals surface area contributed by atoms with E-state index in [-0.39, 0.29) is 0 Å². The second-order valence-electron chi connectivity index (χ2n) is 26.2. The van der Waals surface area contributed by atoms with Gasteiger partial charge in [0.1, 0.15) is 0 Å². The van der Waals surface area contributed by atoms with Gasteiger partial charge in [-0.25, -0.2) is 0 Å². The summed E-state index contributed by atoms with van der Waals surface area (Å²) >= 11 is 0. The Kier molecular flexibility index (Phi) is 13.5. The average Bonchev–Trinajstić information content (AvgIpc) is 3.11. The summed E-state index contributed by atoms with van der Waals surface area (Å²) in [7, 11) is -11.1. The molecule has 1 heterocycles. The van der Waals surface area contributed by atoms with Crippen molar-refractivity contribution in [3.63, 3.8) is 0 Å². The van der Waals surface area contributed by atoms with Crippen molar-refractivity contribution >= 4 is 52.3 Å². The predicted molar refractivity (Wildman–Crippen MR) is 254 cm³/mol. The molecule has 0 amide bonds. The fraction of sp³-hybridized carbons (Fsp3) is 0.953. The molecule has 0 aromatic carbocycles. The quantitative estimate of drug-likeness (QED) is 0.225. The Morgan fingerprint density at radius 1 is 0.420 bits per heavy atom. The molecule has 1 aliphatic rings. The smallest absolute Gasteiger partial charge is 0.0764 e. The van der Waals surface area contributed by atoms with E-state index in [4.69, 9.17) is 0 Å². The summed E-state index contributed by atoms with van der Waals surface area (Å²) < 4.78 is 0. The van der Waals surface area contributed by atoms with E-state index < -0.39 is 52.3 Å². The van der Waals surface area contributed by atoms with Gasteiger partial charge in [-0.1, -0.05) is 222 Å². The first-order chi connectivity index (χ1) is 21.3. The van der Waals surface area contributed by atoms with Crippen molar-refractivity contribution in [1.29, 1.82) is 0 Å². The van der Waals surface area contributed by atoms with E-state index in [0.29, 0.717) is 40.3 Å². The van der Waals surface area contributed by atoms with Crippen LogP contribution in [0.2, 0.25) is 72.2 Å². The Labute approximate surface area is 325 Å². The molecule has 1 rings (SSSR count). The molecule has 0 nitrogen and oxygen atoms in total. The van der Waals surface area contributed by atoms with Gasteiger partial charge in [-0.3, -0.25) is 0 Å². The number of hydrogen-bond acceptors (Lipinski definition) is 0. The molecule has 0 fully saturated rings. The molecule has 7 heteroatoms. The molecule has 0 aromatic heterocycles. The summed E-state index contributed by atoms with van der Waals surface area (Å²) in [6.07, 6.45) is 2.67. The lowest BCUT2D eigenvalue weighted by Crippen LogP contribution is -2.84. The lowest BCUT2D eigenvalue weighted by atomic mass is 10.2. The zero-order chi connectivity index (χ0) is 40.9. The van der Waals surface area contributed by atoms with Crippen molar-refractivity contribution in [3.05, 3.63) is 10.4 Å². The van der Waals surface area contributed by atoms with Crippen LogP contribution in [0.5, 0.6) is 0 Å². The molecule has 0 radical (unpaired) electrons. The van der Waals surface area contributed by atoms with E-state index in [1.165, 1.54) is 12.8 Å². The van der Waals surface area contributed by atoms with Crippen LogP contribution in [0.15, 0.2) is 10.4 Å². The van der Waals surface area contributed by atoms with Crippen LogP contribution in [-0.4, -0.2) is 52.3 Å². The molecule has 0 saturated heterocycles. The summed E-state index contributed by atoms with van der Waals surface area (Å²) in [6, 6.07) is 0. The Balaban J connectivity index is 5.67. The van der Waals surface area contributed by atoms with Crippen LogP contribution >= 0.6 is 0 Å². The lowest BCUT2D eigenvalue weighted by molar-refractivity contribution is 0.615. The summed E-state index contributed by atoms with van der Waals surface area (Å²) in [5.74, 6) is 0. The van der Waals surface area contributed by atoms with Crippen LogP contribution in [0, 0.1) is 0 Å². The summed E-state index contributed by atoms with van der Waals surface area (Å²) in [5, 5.41) is 7.20. The van der Waals surface area contributed by atoms with Gasteiger partial charge < -0.3 is 0 Å². The van der Waals surface area contributed by atoms with Crippen LogP contribution < -0.4 is 0 Å². The van der Waals surface area contributed by atoms with Gasteiger partial charge in [-0.15, -0.1) is 0 Å². The van der Waals surface area contributed by atoms with Gasteiger partial charge in [0.25, 0.3) is 0 Å². The van der Waals surface area contributed by atoms with Crippen LogP contribution in [0.3, 0.4) is 0 Å². The van der Waals surface area contributed by atoms with E-state index in [0.717, 1.165) is 0 Å². The average molecular weight is 810 g/mol. The minimum Gasteiger partial charge on any atom is -0.0852 e. The molecule has 0 spiro atoms. The van der Waals surface area contributed by atoms with Crippen LogP contribution in [0.1, 0.15) is 193 Å². The third-order valence-electron chi connectivity index (χ3n) is 17.3. The summed E-state index contributed by atoms with van der Waals surface area (Å²) in [4.78, 5) is 0. The first-order valence-electron chi connectivity index (χ1n) is 20.8. The molecule has 50 heavy (non-hydrogen) atoms. The van der Waals surface area contributed by atoms with Gasteiger partial charge in [0, 0.05) is 7.41 Å². The molecule has 0 aromatic rings. The van der Waals surface area contributed by atoms with E-state index in [9.17, 15) is 0 Å². The highest BCUT2D eigenvalue weighted by atomic mass is 30.0. The highest BCUT2D eigenvalue weighted by Crippen LogP contribution is 2.68. The van der Waals surface area contributed by atoms with Crippen molar-refractivity contribution < 1.29 is 0 Å². The second kappa shape index (κ2) is 13.7. The Morgan fingerprint density at radius 3 is 0.920 bits per heavy atom. The molecular formula is C43H96Si7. The Hall–Kier alpha value is 1.26. The molecule has 1 unspecified atom stereocenters. The van der Waals surface area contributed by atoms with Crippen molar-refractivity contribution in [2.24, 2.45) is 0 Å². The molecule has 0 bridgehead atoms. The molecule has 0 N–H and O–H groups in total. The van der Waals surface area contributed by atoms with Crippen LogP contribution in [0.25, 0.3) is 0 Å². The fourth-order valence-corrected chi connectivity index (χ4v) is 208. The third-order valence-corrected chi connectivity index (χ3v) is 134. The van der Waals surface area contributed by atoms with Gasteiger partial charge in [-0.05, 0) is 60.1 Å². The van der Waals surface area contributed by atoms with Crippen LogP contribution in [0.4, 0.5) is 0 Å². The number of allylic oxidation sites excluding steroid dienone is 2. The third kappa shape index (κ3) is 6.97. The van der Waals surface area contributed by atoms with Gasteiger partial charge >= 0.3 is 0 Å². The molecule has 1 aliphatic heterocycles. The maximum Gasteiger partial charge on any atom is 0.0764 e. The Bertz CT molecular complexity index is 1250. The van der Waals surface area contributed by atoms with Gasteiger partial charge in [0.05, 0.1) is 38.0 Å². The van der Waals surface area contributed by atoms with E-state index >= 15 is 0 Å². The van der Waals surface area contributed by atoms with Crippen molar-refractivity contribution in [2.45, 2.75) is 265 Å². The molecule has 0 aliphatic carbocycles. The maximum absolute atomic E-state index is 3.10. The fourth-order valence-electron chi connectivity index (χ4n) is 12.3. The second-order valence-corrected chi connectivity index (χ2v) is 82.7. The lowest BCUT2D eigenvalue weighted by Gasteiger charge is -2.68. The molecule has 296 valence electrons. The maximum atomic E-state index is 3.10. The van der Waals surface area contributed by atoms with Gasteiger partial charge in [-0.2, -0.15) is 0 Å². The SMILES string of the molecule is CCC1=C(CC)[Si](C[Si](C)(C(C)(C)C)C(C)(C)C)([Si](C)(C(C)(C)C)C(C)(C)C)[Si]([Si](C)(C(C)(C)C)C(C)(C)C)=[Si]1[Si](C)(C(C)(C)C)C(C)(C)C. The zero-order valence-electron chi connectivity index (χ0n) is 40.6.